The predicted octanol–water partition coefficient (Wildman–Crippen LogP) is 9.76. The molecule has 6 heterocycles. The molecule has 15 nitrogen and oxygen atoms in total. The summed E-state index contributed by atoms with van der Waals surface area (Å²) in [6.07, 6.45) is 5.86. The molecule has 0 unspecified atom stereocenters. The summed E-state index contributed by atoms with van der Waals surface area (Å²) in [5.41, 5.74) is 11.0. The van der Waals surface area contributed by atoms with E-state index >= 15 is 0 Å². The van der Waals surface area contributed by atoms with E-state index in [0.717, 1.165) is 37.6 Å². The Kier molecular flexibility index (Phi) is 14.9. The summed E-state index contributed by atoms with van der Waals surface area (Å²) in [4.78, 5) is 48.9. The molecule has 0 atom stereocenters. The van der Waals surface area contributed by atoms with Gasteiger partial charge in [-0.1, -0.05) is 85.5 Å². The number of pyridine rings is 2. The van der Waals surface area contributed by atoms with Gasteiger partial charge in [0, 0.05) is 106 Å². The molecule has 4 N–H and O–H groups in total. The van der Waals surface area contributed by atoms with Gasteiger partial charge in [-0.2, -0.15) is 9.97 Å². The first-order chi connectivity index (χ1) is 30.0. The van der Waals surface area contributed by atoms with E-state index in [-0.39, 0.29) is 22.3 Å². The van der Waals surface area contributed by atoms with Gasteiger partial charge in [0.1, 0.15) is 10.0 Å². The van der Waals surface area contributed by atoms with E-state index in [1.54, 1.807) is 48.8 Å². The van der Waals surface area contributed by atoms with E-state index in [1.807, 2.05) is 53.9 Å². The zero-order chi connectivity index (χ0) is 45.3. The normalized spacial score (nSPS) is 11.3. The van der Waals surface area contributed by atoms with Gasteiger partial charge >= 0.3 is 5.97 Å². The molecule has 0 spiro atoms. The monoisotopic (exact) mass is 924 g/mol. The van der Waals surface area contributed by atoms with Crippen LogP contribution >= 0.6 is 45.9 Å². The van der Waals surface area contributed by atoms with Gasteiger partial charge in [-0.15, -0.1) is 22.7 Å². The number of hydrogen-bond donors (Lipinski definition) is 3. The zero-order valence-corrected chi connectivity index (χ0v) is 38.1. The Balaban J connectivity index is 0.000000174. The number of halogens is 2. The lowest BCUT2D eigenvalue weighted by atomic mass is 9.94. The van der Waals surface area contributed by atoms with E-state index in [1.165, 1.54) is 24.7 Å². The average Bonchev–Trinajstić information content (AvgIpc) is 4.13. The maximum absolute atomic E-state index is 12.7. The van der Waals surface area contributed by atoms with Crippen molar-refractivity contribution in [2.24, 2.45) is 5.73 Å². The molecule has 1 amide bonds. The van der Waals surface area contributed by atoms with Crippen LogP contribution in [0.4, 0.5) is 0 Å². The van der Waals surface area contributed by atoms with Crippen molar-refractivity contribution in [3.05, 3.63) is 139 Å². The lowest BCUT2D eigenvalue weighted by molar-refractivity contribution is 0.0696. The number of aromatic carboxylic acids is 1. The van der Waals surface area contributed by atoms with Crippen LogP contribution in [0.1, 0.15) is 70.2 Å². The maximum Gasteiger partial charge on any atom is 0.337 e. The van der Waals surface area contributed by atoms with Crippen LogP contribution in [0.25, 0.3) is 45.3 Å². The largest absolute Gasteiger partial charge is 0.478 e. The number of carbonyl (C=O) groups is 2. The fraction of sp³-hybridized carbons (Fsp3) is 0.227. The molecule has 0 bridgehead atoms. The maximum atomic E-state index is 12.7. The van der Waals surface area contributed by atoms with Crippen LogP contribution in [0.3, 0.4) is 0 Å². The summed E-state index contributed by atoms with van der Waals surface area (Å²) in [5.74, 6) is 0.348. The van der Waals surface area contributed by atoms with Gasteiger partial charge in [-0.3, -0.25) is 14.8 Å². The van der Waals surface area contributed by atoms with E-state index < -0.39 is 5.97 Å². The van der Waals surface area contributed by atoms with E-state index in [0.29, 0.717) is 58.2 Å². The Hall–Kier alpha value is -6.24. The Bertz CT molecular complexity index is 2800. The highest BCUT2D eigenvalue weighted by Crippen LogP contribution is 2.32. The highest BCUT2D eigenvalue weighted by molar-refractivity contribution is 7.10. The second kappa shape index (κ2) is 20.3. The highest BCUT2D eigenvalue weighted by atomic mass is 35.5. The van der Waals surface area contributed by atoms with Gasteiger partial charge in [0.15, 0.2) is 0 Å². The number of carbonyl (C=O) groups excluding carboxylic acids is 1. The molecule has 19 heteroatoms. The summed E-state index contributed by atoms with van der Waals surface area (Å²) in [5, 5.41) is 26.8. The lowest BCUT2D eigenvalue weighted by Gasteiger charge is -2.22. The van der Waals surface area contributed by atoms with E-state index in [2.05, 4.69) is 73.6 Å². The molecule has 8 rings (SSSR count). The van der Waals surface area contributed by atoms with Crippen molar-refractivity contribution in [3.8, 4) is 45.3 Å². The molecule has 0 aliphatic carbocycles. The van der Waals surface area contributed by atoms with Crippen LogP contribution in [0, 0.1) is 13.8 Å². The number of carboxylic acids is 1. The fourth-order valence-corrected chi connectivity index (χ4v) is 7.61. The van der Waals surface area contributed by atoms with Crippen molar-refractivity contribution in [2.45, 2.75) is 52.4 Å². The first kappa shape index (κ1) is 46.3. The zero-order valence-electron chi connectivity index (χ0n) is 35.0. The Morgan fingerprint density at radius 1 is 0.667 bits per heavy atom. The molecule has 0 aliphatic heterocycles. The van der Waals surface area contributed by atoms with Crippen molar-refractivity contribution < 1.29 is 23.7 Å². The second-order valence-corrected chi connectivity index (χ2v) is 17.8. The third-order valence-corrected chi connectivity index (χ3v) is 12.1. The minimum atomic E-state index is -1.04. The molecule has 2 aromatic carbocycles. The minimum Gasteiger partial charge on any atom is -0.478 e. The van der Waals surface area contributed by atoms with Crippen LogP contribution in [0.5, 0.6) is 0 Å². The summed E-state index contributed by atoms with van der Waals surface area (Å²) < 4.78 is 9.78. The SMILES string of the molecule is CC(C)(CN)c1nc(-c2ccc(Cl)cc2)cs1.Cc1nc(-c2cncc(C(=O)NCC(C)(C)c3nc(-c4ccc(Cl)cc4)cs3)c2)no1.Cc1nc(-c2cncc(C(=O)O)c2)no1. The molecule has 6 aromatic heterocycles. The number of aryl methyl sites for hydroxylation is 2. The van der Waals surface area contributed by atoms with Crippen molar-refractivity contribution in [3.63, 3.8) is 0 Å². The predicted molar refractivity (Wildman–Crippen MR) is 244 cm³/mol. The standard InChI is InChI=1S/C22H20ClN5O2S.C13H15ClN2S.C9H7N3O3/c1-13-26-19(28-30-13)15-8-16(10-24-9-15)20(29)25-12-22(2,3)21-27-18(11-31-21)14-4-6-17(23)7-5-14;1-13(2,8-15)12-16-11(7-17-12)9-3-5-10(14)6-4-9;1-5-11-8(12-15-5)6-2-7(9(13)14)4-10-3-6/h4-11H,12H2,1-3H3,(H,25,29);3-7H,8,15H2,1-2H3;2-4H,1H3,(H,13,14). The number of hydrogen-bond acceptors (Lipinski definition) is 15. The molecule has 0 fully saturated rings. The first-order valence-corrected chi connectivity index (χ1v) is 21.7. The first-order valence-electron chi connectivity index (χ1n) is 19.2. The topological polar surface area (TPSA) is 222 Å². The third-order valence-electron chi connectivity index (χ3n) is 9.20. The molecule has 324 valence electrons. The van der Waals surface area contributed by atoms with Crippen molar-refractivity contribution >= 4 is 57.8 Å². The second-order valence-electron chi connectivity index (χ2n) is 15.2. The van der Waals surface area contributed by atoms with E-state index in [9.17, 15) is 9.59 Å². The number of rotatable bonds is 11. The Labute approximate surface area is 380 Å². The molecule has 63 heavy (non-hydrogen) atoms. The van der Waals surface area contributed by atoms with E-state index in [4.69, 9.17) is 48.1 Å². The fourth-order valence-electron chi connectivity index (χ4n) is 5.44. The lowest BCUT2D eigenvalue weighted by Crippen LogP contribution is -2.36. The number of nitrogens with one attached hydrogen (secondary N) is 1. The van der Waals surface area contributed by atoms with Gasteiger partial charge in [0.2, 0.25) is 23.4 Å². The molecule has 8 aromatic rings. The Morgan fingerprint density at radius 2 is 1.11 bits per heavy atom. The third kappa shape index (κ3) is 12.2. The van der Waals surface area contributed by atoms with Crippen LogP contribution < -0.4 is 11.1 Å². The van der Waals surface area contributed by atoms with Crippen LogP contribution in [0.2, 0.25) is 10.0 Å². The smallest absolute Gasteiger partial charge is 0.337 e. The van der Waals surface area contributed by atoms with Crippen LogP contribution in [-0.2, 0) is 10.8 Å². The number of thiazole rings is 2. The van der Waals surface area contributed by atoms with Crippen molar-refractivity contribution in [1.29, 1.82) is 0 Å². The Morgan fingerprint density at radius 3 is 1.54 bits per heavy atom. The molecule has 0 saturated carbocycles. The van der Waals surface area contributed by atoms with Gasteiger partial charge < -0.3 is 25.2 Å². The van der Waals surface area contributed by atoms with Gasteiger partial charge in [0.25, 0.3) is 5.91 Å². The number of nitrogens with two attached hydrogens (primary N) is 1. The van der Waals surface area contributed by atoms with Gasteiger partial charge in [-0.25, -0.2) is 14.8 Å². The number of nitrogens with zero attached hydrogens (tertiary/aromatic N) is 8. The quantitative estimate of drug-likeness (QED) is 0.110. The molecule has 0 saturated heterocycles. The van der Waals surface area contributed by atoms with Crippen molar-refractivity contribution in [1.82, 2.24) is 45.5 Å². The number of benzene rings is 2. The summed E-state index contributed by atoms with van der Waals surface area (Å²) in [6, 6.07) is 18.4. The van der Waals surface area contributed by atoms with Crippen LogP contribution in [0.15, 0.2) is 105 Å². The summed E-state index contributed by atoms with van der Waals surface area (Å²) in [6.45, 7) is 12.7. The highest BCUT2D eigenvalue weighted by Gasteiger charge is 2.26. The molecular weight excluding hydrogens is 884 g/mol. The summed E-state index contributed by atoms with van der Waals surface area (Å²) >= 11 is 15.1. The molecule has 0 aliphatic rings. The van der Waals surface area contributed by atoms with Crippen molar-refractivity contribution in [2.75, 3.05) is 13.1 Å². The summed E-state index contributed by atoms with van der Waals surface area (Å²) in [7, 11) is 0. The van der Waals surface area contributed by atoms with Gasteiger partial charge in [-0.05, 0) is 36.4 Å². The number of aromatic nitrogens is 8. The minimum absolute atomic E-state index is 0.0602. The molecular formula is C44H42Cl2N10O5S2. The number of amides is 1. The van der Waals surface area contributed by atoms with Gasteiger partial charge in [0.05, 0.1) is 22.5 Å². The number of carboxylic acid groups (broad SMARTS) is 1. The molecule has 0 radical (unpaired) electrons. The van der Waals surface area contributed by atoms with Crippen LogP contribution in [-0.4, -0.2) is 70.3 Å². The average molecular weight is 926 g/mol.